The molecule has 0 aliphatic carbocycles. The topological polar surface area (TPSA) is 86.3 Å². The fraction of sp³-hybridized carbons (Fsp3) is 0.316. The molecule has 1 unspecified atom stereocenters. The lowest BCUT2D eigenvalue weighted by molar-refractivity contribution is 0.545. The highest BCUT2D eigenvalue weighted by molar-refractivity contribution is 5.88. The van der Waals surface area contributed by atoms with E-state index in [-0.39, 0.29) is 6.04 Å². The second-order valence-electron chi connectivity index (χ2n) is 6.80. The summed E-state index contributed by atoms with van der Waals surface area (Å²) in [6.07, 6.45) is 5.29. The predicted molar refractivity (Wildman–Crippen MR) is 104 cm³/mol. The maximum Gasteiger partial charge on any atom is 0.165 e. The van der Waals surface area contributed by atoms with E-state index >= 15 is 0 Å². The first-order chi connectivity index (χ1) is 13.0. The molecule has 0 aliphatic rings. The second-order valence-corrected chi connectivity index (χ2v) is 6.80. The Bertz CT molecular complexity index is 1080. The van der Waals surface area contributed by atoms with Crippen LogP contribution in [0.3, 0.4) is 0 Å². The van der Waals surface area contributed by atoms with Gasteiger partial charge in [-0.1, -0.05) is 0 Å². The molecule has 138 valence electrons. The molecule has 0 aromatic carbocycles. The minimum atomic E-state index is 0.128. The molecule has 8 nitrogen and oxygen atoms in total. The smallest absolute Gasteiger partial charge is 0.165 e. The standard InChI is InChI=1S/C19H22N8/c1-12-8-14(3)27(25-12)11-13(2)22-18-16-10-21-26(4)19(16)24-17(23-18)15-6-5-7-20-9-15/h5-10,13H,11H2,1-4H3,(H,22,23,24). The normalized spacial score (nSPS) is 12.4. The average molecular weight is 362 g/mol. The summed E-state index contributed by atoms with van der Waals surface area (Å²) >= 11 is 0. The number of fused-ring (bicyclic) bond motifs is 1. The molecule has 0 fully saturated rings. The number of aromatic nitrogens is 7. The van der Waals surface area contributed by atoms with Crippen molar-refractivity contribution in [2.75, 3.05) is 5.32 Å². The van der Waals surface area contributed by atoms with Gasteiger partial charge in [-0.05, 0) is 39.0 Å². The maximum atomic E-state index is 4.75. The highest BCUT2D eigenvalue weighted by Crippen LogP contribution is 2.24. The largest absolute Gasteiger partial charge is 0.365 e. The SMILES string of the molecule is Cc1cc(C)n(CC(C)Nc2nc(-c3cccnc3)nc3c2cnn3C)n1. The molecule has 1 N–H and O–H groups in total. The molecule has 1 atom stereocenters. The molecule has 0 bridgehead atoms. The van der Waals surface area contributed by atoms with Crippen molar-refractivity contribution in [1.82, 2.24) is 34.5 Å². The molecule has 0 saturated heterocycles. The van der Waals surface area contributed by atoms with Gasteiger partial charge in [0, 0.05) is 36.7 Å². The van der Waals surface area contributed by atoms with Gasteiger partial charge in [0.1, 0.15) is 5.82 Å². The lowest BCUT2D eigenvalue weighted by Gasteiger charge is -2.17. The second kappa shape index (κ2) is 6.79. The monoisotopic (exact) mass is 362 g/mol. The van der Waals surface area contributed by atoms with Gasteiger partial charge in [-0.25, -0.2) is 9.97 Å². The summed E-state index contributed by atoms with van der Waals surface area (Å²) in [6.45, 7) is 6.93. The fourth-order valence-electron chi connectivity index (χ4n) is 3.15. The molecule has 0 aliphatic heterocycles. The van der Waals surface area contributed by atoms with Crippen LogP contribution < -0.4 is 5.32 Å². The van der Waals surface area contributed by atoms with Crippen LogP contribution in [0, 0.1) is 13.8 Å². The quantitative estimate of drug-likeness (QED) is 0.587. The van der Waals surface area contributed by atoms with Crippen molar-refractivity contribution in [2.24, 2.45) is 7.05 Å². The van der Waals surface area contributed by atoms with E-state index in [9.17, 15) is 0 Å². The number of aryl methyl sites for hydroxylation is 3. The highest BCUT2D eigenvalue weighted by atomic mass is 15.3. The van der Waals surface area contributed by atoms with Crippen LogP contribution in [0.25, 0.3) is 22.4 Å². The summed E-state index contributed by atoms with van der Waals surface area (Å²) in [5.41, 5.74) is 3.82. The van der Waals surface area contributed by atoms with Crippen LogP contribution >= 0.6 is 0 Å². The van der Waals surface area contributed by atoms with Crippen molar-refractivity contribution in [3.8, 4) is 11.4 Å². The predicted octanol–water partition coefficient (Wildman–Crippen LogP) is 2.74. The summed E-state index contributed by atoms with van der Waals surface area (Å²) in [5, 5.41) is 13.3. The molecule has 0 amide bonds. The van der Waals surface area contributed by atoms with Gasteiger partial charge in [0.05, 0.1) is 23.8 Å². The van der Waals surface area contributed by atoms with Gasteiger partial charge in [-0.3, -0.25) is 14.3 Å². The van der Waals surface area contributed by atoms with Crippen LogP contribution in [0.5, 0.6) is 0 Å². The van der Waals surface area contributed by atoms with Gasteiger partial charge >= 0.3 is 0 Å². The summed E-state index contributed by atoms with van der Waals surface area (Å²) in [5.74, 6) is 1.39. The van der Waals surface area contributed by atoms with Gasteiger partial charge in [-0.15, -0.1) is 0 Å². The molecule has 0 saturated carbocycles. The van der Waals surface area contributed by atoms with Gasteiger partial charge < -0.3 is 5.32 Å². The Morgan fingerprint density at radius 1 is 1.19 bits per heavy atom. The zero-order valence-corrected chi connectivity index (χ0v) is 15.9. The number of pyridine rings is 1. The Morgan fingerprint density at radius 3 is 2.74 bits per heavy atom. The molecular weight excluding hydrogens is 340 g/mol. The third-order valence-electron chi connectivity index (χ3n) is 4.45. The third-order valence-corrected chi connectivity index (χ3v) is 4.45. The fourth-order valence-corrected chi connectivity index (χ4v) is 3.15. The van der Waals surface area contributed by atoms with Crippen molar-refractivity contribution < 1.29 is 0 Å². The van der Waals surface area contributed by atoms with E-state index in [0.29, 0.717) is 5.82 Å². The van der Waals surface area contributed by atoms with E-state index in [1.54, 1.807) is 23.3 Å². The molecule has 8 heteroatoms. The minimum absolute atomic E-state index is 0.128. The van der Waals surface area contributed by atoms with E-state index in [2.05, 4.69) is 45.4 Å². The zero-order valence-electron chi connectivity index (χ0n) is 15.9. The van der Waals surface area contributed by atoms with Crippen molar-refractivity contribution in [3.63, 3.8) is 0 Å². The number of nitrogens with zero attached hydrogens (tertiary/aromatic N) is 7. The van der Waals surface area contributed by atoms with Crippen LogP contribution in [-0.2, 0) is 13.6 Å². The zero-order chi connectivity index (χ0) is 19.0. The van der Waals surface area contributed by atoms with E-state index in [1.807, 2.05) is 30.8 Å². The van der Waals surface area contributed by atoms with Crippen LogP contribution in [0.15, 0.2) is 36.8 Å². The lowest BCUT2D eigenvalue weighted by Crippen LogP contribution is -2.24. The Balaban J connectivity index is 1.69. The Morgan fingerprint density at radius 2 is 2.04 bits per heavy atom. The number of nitrogens with one attached hydrogen (secondary N) is 1. The molecule has 4 heterocycles. The van der Waals surface area contributed by atoms with Crippen molar-refractivity contribution in [3.05, 3.63) is 48.2 Å². The third kappa shape index (κ3) is 3.38. The van der Waals surface area contributed by atoms with Crippen LogP contribution in [0.1, 0.15) is 18.3 Å². The van der Waals surface area contributed by atoms with Crippen molar-refractivity contribution in [2.45, 2.75) is 33.4 Å². The Hall–Kier alpha value is -3.29. The van der Waals surface area contributed by atoms with Crippen LogP contribution in [0.2, 0.25) is 0 Å². The number of rotatable bonds is 5. The maximum absolute atomic E-state index is 4.75. The molecule has 0 radical (unpaired) electrons. The average Bonchev–Trinajstić information content (AvgIpc) is 3.17. The van der Waals surface area contributed by atoms with Crippen molar-refractivity contribution in [1.29, 1.82) is 0 Å². The first kappa shape index (κ1) is 17.1. The van der Waals surface area contributed by atoms with Crippen molar-refractivity contribution >= 4 is 16.9 Å². The molecule has 0 spiro atoms. The first-order valence-corrected chi connectivity index (χ1v) is 8.89. The molecular formula is C19H22N8. The van der Waals surface area contributed by atoms with Gasteiger partial charge in [0.2, 0.25) is 0 Å². The first-order valence-electron chi connectivity index (χ1n) is 8.89. The molecule has 4 aromatic rings. The van der Waals surface area contributed by atoms with Gasteiger partial charge in [0.15, 0.2) is 11.5 Å². The summed E-state index contributed by atoms with van der Waals surface area (Å²) in [6, 6.07) is 6.04. The van der Waals surface area contributed by atoms with Crippen LogP contribution in [-0.4, -0.2) is 40.6 Å². The minimum Gasteiger partial charge on any atom is -0.365 e. The Labute approximate surface area is 157 Å². The molecule has 4 rings (SSSR count). The number of anilines is 1. The summed E-state index contributed by atoms with van der Waals surface area (Å²) in [4.78, 5) is 13.6. The number of hydrogen-bond donors (Lipinski definition) is 1. The summed E-state index contributed by atoms with van der Waals surface area (Å²) < 4.78 is 3.77. The summed E-state index contributed by atoms with van der Waals surface area (Å²) in [7, 11) is 1.88. The lowest BCUT2D eigenvalue weighted by atomic mass is 10.2. The Kier molecular flexibility index (Phi) is 4.31. The van der Waals surface area contributed by atoms with E-state index in [0.717, 1.165) is 40.3 Å². The number of hydrogen-bond acceptors (Lipinski definition) is 6. The molecule has 27 heavy (non-hydrogen) atoms. The van der Waals surface area contributed by atoms with E-state index in [1.165, 1.54) is 0 Å². The highest BCUT2D eigenvalue weighted by Gasteiger charge is 2.15. The van der Waals surface area contributed by atoms with Crippen LogP contribution in [0.4, 0.5) is 5.82 Å². The van der Waals surface area contributed by atoms with Gasteiger partial charge in [-0.2, -0.15) is 10.2 Å². The molecule has 4 aromatic heterocycles. The van der Waals surface area contributed by atoms with E-state index < -0.39 is 0 Å². The van der Waals surface area contributed by atoms with Gasteiger partial charge in [0.25, 0.3) is 0 Å². The van der Waals surface area contributed by atoms with E-state index in [4.69, 9.17) is 4.98 Å².